The van der Waals surface area contributed by atoms with Crippen LogP contribution in [-0.2, 0) is 0 Å². The smallest absolute Gasteiger partial charge is 0.0161 e. The maximum Gasteiger partial charge on any atom is 0.0161 e. The van der Waals surface area contributed by atoms with Gasteiger partial charge in [-0.2, -0.15) is 0 Å². The number of rotatable bonds is 0. The summed E-state index contributed by atoms with van der Waals surface area (Å²) >= 11 is 0. The Balaban J connectivity index is 0.000000236. The monoisotopic (exact) mass is 142 g/mol. The molecule has 2 heteroatoms. The molecule has 0 bridgehead atoms. The van der Waals surface area contributed by atoms with Crippen LogP contribution in [0.3, 0.4) is 0 Å². The van der Waals surface area contributed by atoms with Crippen LogP contribution < -0.4 is 10.6 Å². The highest BCUT2D eigenvalue weighted by molar-refractivity contribution is 4.98. The first-order valence-electron chi connectivity index (χ1n) is 3.77. The molecule has 0 spiro atoms. The van der Waals surface area contributed by atoms with Gasteiger partial charge >= 0.3 is 0 Å². The fourth-order valence-corrected chi connectivity index (χ4v) is 0.817. The van der Waals surface area contributed by atoms with Crippen LogP contribution in [0.25, 0.3) is 0 Å². The summed E-state index contributed by atoms with van der Waals surface area (Å²) in [6.07, 6.45) is 2.51. The van der Waals surface area contributed by atoms with E-state index in [2.05, 4.69) is 17.2 Å². The van der Waals surface area contributed by atoms with Gasteiger partial charge in [-0.05, 0) is 33.5 Å². The summed E-state index contributed by atoms with van der Waals surface area (Å²) in [5.74, 6) is 0. The predicted molar refractivity (Wildman–Crippen MR) is 46.2 cm³/mol. The molecule has 1 heterocycles. The molecule has 2 N–H and O–H groups in total. The Kier molecular flexibility index (Phi) is 6.55. The highest BCUT2D eigenvalue weighted by Gasteiger charge is 1.98. The van der Waals surface area contributed by atoms with Crippen molar-refractivity contribution in [2.75, 3.05) is 27.2 Å². The van der Waals surface area contributed by atoms with Crippen LogP contribution in [0.2, 0.25) is 0 Å². The third kappa shape index (κ3) is 5.79. The zero-order valence-electron chi connectivity index (χ0n) is 7.04. The highest BCUT2D eigenvalue weighted by Crippen LogP contribution is 2.03. The average molecular weight is 142 g/mol. The van der Waals surface area contributed by atoms with Crippen LogP contribution in [0.5, 0.6) is 0 Å². The molecule has 0 atom stereocenters. The molecule has 1 aliphatic heterocycles. The molecule has 0 amide bonds. The molecule has 0 saturated carbocycles. The maximum absolute atomic E-state index is 3.85. The Labute approximate surface area is 63.7 Å². The lowest BCUT2D eigenvalue weighted by Gasteiger charge is -2.12. The SMILES string of the molecule is C=C1CCCNC1.CNC. The molecule has 60 valence electrons. The van der Waals surface area contributed by atoms with E-state index in [0.717, 1.165) is 6.54 Å². The lowest BCUT2D eigenvalue weighted by Crippen LogP contribution is -2.23. The second-order valence-corrected chi connectivity index (χ2v) is 2.53. The largest absolute Gasteiger partial charge is 0.323 e. The number of piperidine rings is 1. The summed E-state index contributed by atoms with van der Waals surface area (Å²) in [5, 5.41) is 5.98. The van der Waals surface area contributed by atoms with Gasteiger partial charge in [0.15, 0.2) is 0 Å². The second-order valence-electron chi connectivity index (χ2n) is 2.53. The van der Waals surface area contributed by atoms with Crippen molar-refractivity contribution < 1.29 is 0 Å². The third-order valence-corrected chi connectivity index (χ3v) is 1.26. The quantitative estimate of drug-likeness (QED) is 0.488. The fourth-order valence-electron chi connectivity index (χ4n) is 0.817. The van der Waals surface area contributed by atoms with E-state index in [4.69, 9.17) is 0 Å². The standard InChI is InChI=1S/C6H11N.C2H7N/c1-6-3-2-4-7-5-6;1-3-2/h7H,1-5H2;3H,1-2H3. The van der Waals surface area contributed by atoms with Crippen LogP contribution >= 0.6 is 0 Å². The van der Waals surface area contributed by atoms with E-state index in [1.807, 2.05) is 14.1 Å². The molecule has 0 aromatic rings. The van der Waals surface area contributed by atoms with Gasteiger partial charge in [0, 0.05) is 6.54 Å². The van der Waals surface area contributed by atoms with E-state index in [-0.39, 0.29) is 0 Å². The van der Waals surface area contributed by atoms with Crippen LogP contribution in [0, 0.1) is 0 Å². The minimum absolute atomic E-state index is 1.04. The first kappa shape index (κ1) is 9.66. The second kappa shape index (κ2) is 6.78. The van der Waals surface area contributed by atoms with Crippen LogP contribution in [0.1, 0.15) is 12.8 Å². The third-order valence-electron chi connectivity index (χ3n) is 1.26. The Bertz CT molecular complexity index is 81.3. The van der Waals surface area contributed by atoms with Crippen molar-refractivity contribution in [1.29, 1.82) is 0 Å². The van der Waals surface area contributed by atoms with E-state index in [1.165, 1.54) is 25.0 Å². The molecule has 0 aliphatic carbocycles. The normalized spacial score (nSPS) is 17.6. The molecule has 0 aromatic heterocycles. The van der Waals surface area contributed by atoms with E-state index in [9.17, 15) is 0 Å². The van der Waals surface area contributed by atoms with Gasteiger partial charge in [-0.15, -0.1) is 0 Å². The van der Waals surface area contributed by atoms with Gasteiger partial charge in [0.25, 0.3) is 0 Å². The summed E-state index contributed by atoms with van der Waals surface area (Å²) < 4.78 is 0. The van der Waals surface area contributed by atoms with Gasteiger partial charge in [0.2, 0.25) is 0 Å². The number of hydrogen-bond acceptors (Lipinski definition) is 2. The first-order chi connectivity index (χ1) is 4.81. The van der Waals surface area contributed by atoms with Crippen LogP contribution in [-0.4, -0.2) is 27.2 Å². The van der Waals surface area contributed by atoms with Crippen molar-refractivity contribution in [3.63, 3.8) is 0 Å². The van der Waals surface area contributed by atoms with Crippen molar-refractivity contribution in [2.45, 2.75) is 12.8 Å². The molecule has 1 rings (SSSR count). The van der Waals surface area contributed by atoms with E-state index < -0.39 is 0 Å². The Morgan fingerprint density at radius 3 is 2.30 bits per heavy atom. The molecule has 0 radical (unpaired) electrons. The minimum atomic E-state index is 1.04. The Morgan fingerprint density at radius 1 is 1.50 bits per heavy atom. The van der Waals surface area contributed by atoms with Crippen molar-refractivity contribution in [3.05, 3.63) is 12.2 Å². The van der Waals surface area contributed by atoms with Crippen molar-refractivity contribution >= 4 is 0 Å². The highest BCUT2D eigenvalue weighted by atomic mass is 14.9. The van der Waals surface area contributed by atoms with Gasteiger partial charge in [-0.25, -0.2) is 0 Å². The van der Waals surface area contributed by atoms with E-state index in [0.29, 0.717) is 0 Å². The molecular formula is C8H18N2. The lowest BCUT2D eigenvalue weighted by atomic mass is 10.1. The molecule has 2 nitrogen and oxygen atoms in total. The zero-order chi connectivity index (χ0) is 7.82. The molecule has 1 aliphatic rings. The molecule has 1 saturated heterocycles. The Hall–Kier alpha value is -0.340. The van der Waals surface area contributed by atoms with Gasteiger partial charge in [0.05, 0.1) is 0 Å². The van der Waals surface area contributed by atoms with Crippen molar-refractivity contribution in [2.24, 2.45) is 0 Å². The average Bonchev–Trinajstić information content (AvgIpc) is 1.91. The van der Waals surface area contributed by atoms with E-state index >= 15 is 0 Å². The Morgan fingerprint density at radius 2 is 2.10 bits per heavy atom. The summed E-state index contributed by atoms with van der Waals surface area (Å²) in [5.41, 5.74) is 1.35. The van der Waals surface area contributed by atoms with Crippen molar-refractivity contribution in [3.8, 4) is 0 Å². The summed E-state index contributed by atoms with van der Waals surface area (Å²) in [6.45, 7) is 6.07. The fraction of sp³-hybridized carbons (Fsp3) is 0.750. The van der Waals surface area contributed by atoms with Crippen LogP contribution in [0.15, 0.2) is 12.2 Å². The van der Waals surface area contributed by atoms with Gasteiger partial charge in [-0.1, -0.05) is 12.2 Å². The summed E-state index contributed by atoms with van der Waals surface area (Å²) in [4.78, 5) is 0. The van der Waals surface area contributed by atoms with Gasteiger partial charge in [0.1, 0.15) is 0 Å². The number of nitrogens with one attached hydrogen (secondary N) is 2. The number of hydrogen-bond donors (Lipinski definition) is 2. The zero-order valence-corrected chi connectivity index (χ0v) is 7.04. The summed E-state index contributed by atoms with van der Waals surface area (Å²) in [6, 6.07) is 0. The van der Waals surface area contributed by atoms with E-state index in [1.54, 1.807) is 0 Å². The molecule has 10 heavy (non-hydrogen) atoms. The molecule has 0 unspecified atom stereocenters. The topological polar surface area (TPSA) is 24.1 Å². The summed E-state index contributed by atoms with van der Waals surface area (Å²) in [7, 11) is 3.75. The lowest BCUT2D eigenvalue weighted by molar-refractivity contribution is 0.611. The molecule has 1 fully saturated rings. The minimum Gasteiger partial charge on any atom is -0.323 e. The van der Waals surface area contributed by atoms with Gasteiger partial charge < -0.3 is 10.6 Å². The van der Waals surface area contributed by atoms with Gasteiger partial charge in [-0.3, -0.25) is 0 Å². The molecule has 0 aromatic carbocycles. The maximum atomic E-state index is 3.85. The van der Waals surface area contributed by atoms with Crippen molar-refractivity contribution in [1.82, 2.24) is 10.6 Å². The first-order valence-corrected chi connectivity index (χ1v) is 3.77. The molecular weight excluding hydrogens is 124 g/mol. The van der Waals surface area contributed by atoms with Crippen LogP contribution in [0.4, 0.5) is 0 Å². The predicted octanol–water partition coefficient (Wildman–Crippen LogP) is 0.762.